The maximum Gasteiger partial charge on any atom is 0.573 e. The molecule has 1 aromatic carbocycles. The van der Waals surface area contributed by atoms with Crippen molar-refractivity contribution in [2.24, 2.45) is 5.92 Å². The van der Waals surface area contributed by atoms with Gasteiger partial charge in [0.1, 0.15) is 5.75 Å². The Morgan fingerprint density at radius 1 is 1.16 bits per heavy atom. The van der Waals surface area contributed by atoms with Gasteiger partial charge in [-0.05, 0) is 30.0 Å². The minimum atomic E-state index is -4.68. The molecule has 0 aromatic heterocycles. The van der Waals surface area contributed by atoms with E-state index in [9.17, 15) is 18.3 Å². The third-order valence-corrected chi connectivity index (χ3v) is 3.35. The van der Waals surface area contributed by atoms with Crippen molar-refractivity contribution in [3.05, 3.63) is 29.8 Å². The van der Waals surface area contributed by atoms with Gasteiger partial charge in [-0.1, -0.05) is 32.9 Å². The molecule has 1 atom stereocenters. The van der Waals surface area contributed by atoms with E-state index in [2.05, 4.69) is 4.74 Å². The van der Waals surface area contributed by atoms with Gasteiger partial charge in [0.25, 0.3) is 0 Å². The van der Waals surface area contributed by atoms with Crippen LogP contribution in [0.2, 0.25) is 0 Å². The quantitative estimate of drug-likeness (QED) is 0.883. The van der Waals surface area contributed by atoms with E-state index in [1.54, 1.807) is 12.1 Å². The highest BCUT2D eigenvalue weighted by atomic mass is 19.4. The molecule has 19 heavy (non-hydrogen) atoms. The largest absolute Gasteiger partial charge is 0.573 e. The zero-order valence-electron chi connectivity index (χ0n) is 11.3. The number of ether oxygens (including phenoxy) is 1. The number of hydrogen-bond donors (Lipinski definition) is 1. The Hall–Kier alpha value is -1.23. The van der Waals surface area contributed by atoms with Crippen molar-refractivity contribution in [3.8, 4) is 5.75 Å². The standard InChI is InChI=1S/C14H19F3O2/c1-4-13(18,10(2)3)9-11-5-7-12(8-6-11)19-14(15,16)17/h5-8,10,18H,4,9H2,1-3H3. The summed E-state index contributed by atoms with van der Waals surface area (Å²) in [7, 11) is 0. The fourth-order valence-corrected chi connectivity index (χ4v) is 1.90. The SMILES string of the molecule is CCC(O)(Cc1ccc(OC(F)(F)F)cc1)C(C)C. The maximum atomic E-state index is 12.0. The Bertz CT molecular complexity index is 398. The van der Waals surface area contributed by atoms with Gasteiger partial charge in [-0.2, -0.15) is 0 Å². The summed E-state index contributed by atoms with van der Waals surface area (Å²) in [5, 5.41) is 10.4. The van der Waals surface area contributed by atoms with Gasteiger partial charge in [-0.3, -0.25) is 0 Å². The van der Waals surface area contributed by atoms with E-state index >= 15 is 0 Å². The molecule has 0 fully saturated rings. The van der Waals surface area contributed by atoms with Crippen molar-refractivity contribution in [2.45, 2.75) is 45.6 Å². The van der Waals surface area contributed by atoms with Crippen LogP contribution in [0.1, 0.15) is 32.8 Å². The van der Waals surface area contributed by atoms with Gasteiger partial charge in [-0.25, -0.2) is 0 Å². The normalized spacial score (nSPS) is 15.4. The van der Waals surface area contributed by atoms with Crippen LogP contribution >= 0.6 is 0 Å². The summed E-state index contributed by atoms with van der Waals surface area (Å²) < 4.78 is 39.8. The third-order valence-electron chi connectivity index (χ3n) is 3.35. The van der Waals surface area contributed by atoms with E-state index in [0.717, 1.165) is 5.56 Å². The third kappa shape index (κ3) is 4.74. The molecule has 0 amide bonds. The molecular weight excluding hydrogens is 257 g/mol. The average molecular weight is 276 g/mol. The lowest BCUT2D eigenvalue weighted by Crippen LogP contribution is -2.36. The summed E-state index contributed by atoms with van der Waals surface area (Å²) in [6.07, 6.45) is -3.68. The average Bonchev–Trinajstić information content (AvgIpc) is 2.29. The topological polar surface area (TPSA) is 29.5 Å². The molecule has 1 unspecified atom stereocenters. The predicted octanol–water partition coefficient (Wildman–Crippen LogP) is 3.92. The highest BCUT2D eigenvalue weighted by molar-refractivity contribution is 5.28. The second-order valence-electron chi connectivity index (χ2n) is 4.98. The smallest absolute Gasteiger partial charge is 0.406 e. The van der Waals surface area contributed by atoms with Crippen molar-refractivity contribution < 1.29 is 23.0 Å². The van der Waals surface area contributed by atoms with E-state index in [1.165, 1.54) is 12.1 Å². The molecular formula is C14H19F3O2. The first kappa shape index (κ1) is 15.8. The van der Waals surface area contributed by atoms with E-state index in [1.807, 2.05) is 20.8 Å². The monoisotopic (exact) mass is 276 g/mol. The minimum absolute atomic E-state index is 0.0728. The lowest BCUT2D eigenvalue weighted by atomic mass is 9.82. The van der Waals surface area contributed by atoms with E-state index in [0.29, 0.717) is 12.8 Å². The molecule has 108 valence electrons. The van der Waals surface area contributed by atoms with Gasteiger partial charge < -0.3 is 9.84 Å². The van der Waals surface area contributed by atoms with Crippen molar-refractivity contribution in [1.29, 1.82) is 0 Å². The molecule has 1 rings (SSSR count). The van der Waals surface area contributed by atoms with Crippen LogP contribution in [0.3, 0.4) is 0 Å². The molecule has 0 heterocycles. The first-order valence-electron chi connectivity index (χ1n) is 6.23. The summed E-state index contributed by atoms with van der Waals surface area (Å²) in [4.78, 5) is 0. The first-order valence-corrected chi connectivity index (χ1v) is 6.23. The number of hydrogen-bond acceptors (Lipinski definition) is 2. The highest BCUT2D eigenvalue weighted by Gasteiger charge is 2.31. The van der Waals surface area contributed by atoms with E-state index < -0.39 is 12.0 Å². The Morgan fingerprint density at radius 2 is 1.68 bits per heavy atom. The lowest BCUT2D eigenvalue weighted by Gasteiger charge is -2.31. The molecule has 0 saturated carbocycles. The van der Waals surface area contributed by atoms with E-state index in [4.69, 9.17) is 0 Å². The van der Waals surface area contributed by atoms with Crippen LogP contribution < -0.4 is 4.74 Å². The predicted molar refractivity (Wildman–Crippen MR) is 66.9 cm³/mol. The van der Waals surface area contributed by atoms with Crippen LogP contribution in [0, 0.1) is 5.92 Å². The maximum absolute atomic E-state index is 12.0. The van der Waals surface area contributed by atoms with Gasteiger partial charge in [0.05, 0.1) is 5.60 Å². The zero-order valence-corrected chi connectivity index (χ0v) is 11.3. The Kier molecular flexibility index (Phi) is 4.85. The zero-order chi connectivity index (χ0) is 14.7. The van der Waals surface area contributed by atoms with Crippen molar-refractivity contribution in [1.82, 2.24) is 0 Å². The van der Waals surface area contributed by atoms with Crippen LogP contribution in [0.15, 0.2) is 24.3 Å². The van der Waals surface area contributed by atoms with Gasteiger partial charge in [0.15, 0.2) is 0 Å². The minimum Gasteiger partial charge on any atom is -0.406 e. The molecule has 1 N–H and O–H groups in total. The number of benzene rings is 1. The van der Waals surface area contributed by atoms with Gasteiger partial charge in [0.2, 0.25) is 0 Å². The molecule has 0 saturated heterocycles. The van der Waals surface area contributed by atoms with Crippen molar-refractivity contribution in [2.75, 3.05) is 0 Å². The number of aliphatic hydroxyl groups is 1. The highest BCUT2D eigenvalue weighted by Crippen LogP contribution is 2.28. The van der Waals surface area contributed by atoms with Gasteiger partial charge in [-0.15, -0.1) is 13.2 Å². The Labute approximate surface area is 111 Å². The molecule has 0 radical (unpaired) electrons. The summed E-state index contributed by atoms with van der Waals surface area (Å²) in [6.45, 7) is 5.73. The Balaban J connectivity index is 2.77. The van der Waals surface area contributed by atoms with Crippen molar-refractivity contribution >= 4 is 0 Å². The fourth-order valence-electron chi connectivity index (χ4n) is 1.90. The molecule has 0 aliphatic rings. The second kappa shape index (κ2) is 5.82. The molecule has 0 bridgehead atoms. The van der Waals surface area contributed by atoms with Crippen LogP contribution in [0.5, 0.6) is 5.75 Å². The summed E-state index contributed by atoms with van der Waals surface area (Å²) in [5.41, 5.74) is -0.0561. The van der Waals surface area contributed by atoms with Crippen LogP contribution in [0.25, 0.3) is 0 Å². The summed E-state index contributed by atoms with van der Waals surface area (Å²) >= 11 is 0. The molecule has 0 aliphatic carbocycles. The molecule has 1 aromatic rings. The van der Waals surface area contributed by atoms with E-state index in [-0.39, 0.29) is 11.7 Å². The molecule has 2 nitrogen and oxygen atoms in total. The molecule has 0 spiro atoms. The second-order valence-corrected chi connectivity index (χ2v) is 4.98. The van der Waals surface area contributed by atoms with Gasteiger partial charge in [0, 0.05) is 6.42 Å². The molecule has 0 aliphatic heterocycles. The summed E-state index contributed by atoms with van der Waals surface area (Å²) in [6, 6.07) is 5.62. The summed E-state index contributed by atoms with van der Waals surface area (Å²) in [5.74, 6) is -0.176. The molecule has 5 heteroatoms. The first-order chi connectivity index (χ1) is 8.66. The van der Waals surface area contributed by atoms with Gasteiger partial charge >= 0.3 is 6.36 Å². The number of rotatable bonds is 5. The lowest BCUT2D eigenvalue weighted by molar-refractivity contribution is -0.274. The number of halogens is 3. The van der Waals surface area contributed by atoms with Crippen LogP contribution in [0.4, 0.5) is 13.2 Å². The van der Waals surface area contributed by atoms with Crippen LogP contribution in [-0.4, -0.2) is 17.1 Å². The van der Waals surface area contributed by atoms with Crippen molar-refractivity contribution in [3.63, 3.8) is 0 Å². The van der Waals surface area contributed by atoms with Crippen LogP contribution in [-0.2, 0) is 6.42 Å². The fraction of sp³-hybridized carbons (Fsp3) is 0.571. The number of alkyl halides is 3. The Morgan fingerprint density at radius 3 is 2.05 bits per heavy atom.